The van der Waals surface area contributed by atoms with Gasteiger partial charge in [-0.25, -0.2) is 0 Å². The molecule has 0 aromatic carbocycles. The van der Waals surface area contributed by atoms with Gasteiger partial charge in [0.25, 0.3) is 0 Å². The molecule has 0 spiro atoms. The van der Waals surface area contributed by atoms with Crippen LogP contribution in [0.2, 0.25) is 0 Å². The highest BCUT2D eigenvalue weighted by Gasteiger charge is 2.16. The van der Waals surface area contributed by atoms with Crippen molar-refractivity contribution in [2.24, 2.45) is 5.73 Å². The van der Waals surface area contributed by atoms with Gasteiger partial charge < -0.3 is 10.6 Å². The lowest BCUT2D eigenvalue weighted by Crippen LogP contribution is -2.36. The first-order valence-corrected chi connectivity index (χ1v) is 5.32. The summed E-state index contributed by atoms with van der Waals surface area (Å²) in [5.74, 6) is 0. The van der Waals surface area contributed by atoms with E-state index in [0.717, 1.165) is 6.42 Å². The van der Waals surface area contributed by atoms with Gasteiger partial charge in [-0.3, -0.25) is 0 Å². The first kappa shape index (κ1) is 12.9. The molecule has 0 radical (unpaired) electrons. The minimum absolute atomic E-state index is 0.0119. The Morgan fingerprint density at radius 3 is 2.08 bits per heavy atom. The van der Waals surface area contributed by atoms with Crippen LogP contribution in [-0.4, -0.2) is 30.6 Å². The monoisotopic (exact) mass is 186 g/mol. The number of hydrogen-bond donors (Lipinski definition) is 1. The molecule has 0 aliphatic rings. The summed E-state index contributed by atoms with van der Waals surface area (Å²) in [7, 11) is 4.31. The normalized spacial score (nSPS) is 15.0. The average molecular weight is 186 g/mol. The van der Waals surface area contributed by atoms with E-state index in [1.807, 2.05) is 0 Å². The van der Waals surface area contributed by atoms with E-state index in [1.54, 1.807) is 0 Å². The van der Waals surface area contributed by atoms with E-state index >= 15 is 0 Å². The van der Waals surface area contributed by atoms with Crippen molar-refractivity contribution in [3.8, 4) is 0 Å². The maximum atomic E-state index is 5.96. The molecule has 2 heteroatoms. The molecule has 2 N–H and O–H groups in total. The molecular weight excluding hydrogens is 160 g/mol. The summed E-state index contributed by atoms with van der Waals surface area (Å²) in [6, 6.07) is 0.702. The van der Waals surface area contributed by atoms with E-state index in [-0.39, 0.29) is 5.54 Å². The number of nitrogens with two attached hydrogens (primary N) is 1. The van der Waals surface area contributed by atoms with Gasteiger partial charge in [0.1, 0.15) is 0 Å². The summed E-state index contributed by atoms with van der Waals surface area (Å²) in [5.41, 5.74) is 5.95. The third-order valence-corrected chi connectivity index (χ3v) is 2.47. The Morgan fingerprint density at radius 1 is 1.23 bits per heavy atom. The maximum Gasteiger partial charge on any atom is 0.00976 e. The van der Waals surface area contributed by atoms with Gasteiger partial charge in [-0.15, -0.1) is 0 Å². The van der Waals surface area contributed by atoms with Crippen molar-refractivity contribution in [3.05, 3.63) is 0 Å². The third-order valence-electron chi connectivity index (χ3n) is 2.47. The fraction of sp³-hybridized carbons (Fsp3) is 1.00. The zero-order chi connectivity index (χ0) is 10.5. The molecule has 0 rings (SSSR count). The Balaban J connectivity index is 3.82. The van der Waals surface area contributed by atoms with Crippen LogP contribution in [0.5, 0.6) is 0 Å². The fourth-order valence-electron chi connectivity index (χ4n) is 1.53. The first-order valence-electron chi connectivity index (χ1n) is 5.32. The molecule has 0 amide bonds. The predicted molar refractivity (Wildman–Crippen MR) is 59.9 cm³/mol. The summed E-state index contributed by atoms with van der Waals surface area (Å²) in [4.78, 5) is 2.31. The minimum Gasteiger partial charge on any atom is -0.326 e. The van der Waals surface area contributed by atoms with Crippen molar-refractivity contribution < 1.29 is 0 Å². The fourth-order valence-corrected chi connectivity index (χ4v) is 1.53. The van der Waals surface area contributed by atoms with Crippen LogP contribution in [0, 0.1) is 0 Å². The second kappa shape index (κ2) is 5.61. The van der Waals surface area contributed by atoms with Crippen LogP contribution in [0.15, 0.2) is 0 Å². The smallest absolute Gasteiger partial charge is 0.00976 e. The van der Waals surface area contributed by atoms with E-state index in [2.05, 4.69) is 39.8 Å². The Morgan fingerprint density at radius 2 is 1.77 bits per heavy atom. The van der Waals surface area contributed by atoms with Crippen molar-refractivity contribution in [3.63, 3.8) is 0 Å². The standard InChI is InChI=1S/C11H26N2/c1-6-7-10(13(4)5)8-9-11(2,3)12/h10H,6-9,12H2,1-5H3. The first-order chi connectivity index (χ1) is 5.87. The van der Waals surface area contributed by atoms with E-state index in [0.29, 0.717) is 6.04 Å². The molecule has 80 valence electrons. The van der Waals surface area contributed by atoms with Crippen LogP contribution in [0.3, 0.4) is 0 Å². The highest BCUT2D eigenvalue weighted by molar-refractivity contribution is 4.76. The second-order valence-electron chi connectivity index (χ2n) is 4.93. The van der Waals surface area contributed by atoms with E-state index < -0.39 is 0 Å². The molecule has 0 saturated carbocycles. The summed E-state index contributed by atoms with van der Waals surface area (Å²) in [6.45, 7) is 6.45. The summed E-state index contributed by atoms with van der Waals surface area (Å²) >= 11 is 0. The number of rotatable bonds is 6. The molecule has 0 saturated heterocycles. The van der Waals surface area contributed by atoms with Crippen LogP contribution >= 0.6 is 0 Å². The molecule has 13 heavy (non-hydrogen) atoms. The van der Waals surface area contributed by atoms with Crippen LogP contribution in [0.4, 0.5) is 0 Å². The quantitative estimate of drug-likeness (QED) is 0.689. The molecule has 0 aromatic heterocycles. The van der Waals surface area contributed by atoms with Crippen molar-refractivity contribution in [2.45, 2.75) is 58.0 Å². The Bertz CT molecular complexity index is 125. The topological polar surface area (TPSA) is 29.3 Å². The van der Waals surface area contributed by atoms with Gasteiger partial charge in [0.15, 0.2) is 0 Å². The van der Waals surface area contributed by atoms with Gasteiger partial charge in [0.05, 0.1) is 0 Å². The minimum atomic E-state index is -0.0119. The van der Waals surface area contributed by atoms with Crippen molar-refractivity contribution >= 4 is 0 Å². The zero-order valence-corrected chi connectivity index (χ0v) is 9.93. The largest absolute Gasteiger partial charge is 0.326 e. The van der Waals surface area contributed by atoms with Crippen molar-refractivity contribution in [1.29, 1.82) is 0 Å². The molecule has 1 unspecified atom stereocenters. The molecule has 0 aliphatic carbocycles. The molecule has 0 aromatic rings. The molecular formula is C11H26N2. The lowest BCUT2D eigenvalue weighted by atomic mass is 9.94. The number of nitrogens with zero attached hydrogens (tertiary/aromatic N) is 1. The summed E-state index contributed by atoms with van der Waals surface area (Å²) in [5, 5.41) is 0. The van der Waals surface area contributed by atoms with Crippen LogP contribution in [0.1, 0.15) is 46.5 Å². The molecule has 0 bridgehead atoms. The van der Waals surface area contributed by atoms with Crippen molar-refractivity contribution in [1.82, 2.24) is 4.90 Å². The highest BCUT2D eigenvalue weighted by atomic mass is 15.1. The van der Waals surface area contributed by atoms with Crippen LogP contribution in [-0.2, 0) is 0 Å². The Hall–Kier alpha value is -0.0800. The van der Waals surface area contributed by atoms with Gasteiger partial charge in [-0.2, -0.15) is 0 Å². The van der Waals surface area contributed by atoms with E-state index in [4.69, 9.17) is 5.73 Å². The molecule has 0 aliphatic heterocycles. The van der Waals surface area contributed by atoms with Gasteiger partial charge in [-0.1, -0.05) is 13.3 Å². The lowest BCUT2D eigenvalue weighted by Gasteiger charge is -2.27. The lowest BCUT2D eigenvalue weighted by molar-refractivity contribution is 0.243. The molecule has 0 heterocycles. The van der Waals surface area contributed by atoms with E-state index in [9.17, 15) is 0 Å². The van der Waals surface area contributed by atoms with Crippen molar-refractivity contribution in [2.75, 3.05) is 14.1 Å². The summed E-state index contributed by atoms with van der Waals surface area (Å²) < 4.78 is 0. The van der Waals surface area contributed by atoms with Gasteiger partial charge >= 0.3 is 0 Å². The highest BCUT2D eigenvalue weighted by Crippen LogP contribution is 2.15. The molecule has 1 atom stereocenters. The Kier molecular flexibility index (Phi) is 5.57. The van der Waals surface area contributed by atoms with Gasteiger partial charge in [0, 0.05) is 11.6 Å². The maximum absolute atomic E-state index is 5.96. The van der Waals surface area contributed by atoms with Gasteiger partial charge in [-0.05, 0) is 47.2 Å². The molecule has 0 fully saturated rings. The van der Waals surface area contributed by atoms with Crippen LogP contribution < -0.4 is 5.73 Å². The second-order valence-corrected chi connectivity index (χ2v) is 4.93. The van der Waals surface area contributed by atoms with Gasteiger partial charge in [0.2, 0.25) is 0 Å². The zero-order valence-electron chi connectivity index (χ0n) is 9.93. The number of hydrogen-bond acceptors (Lipinski definition) is 2. The van der Waals surface area contributed by atoms with E-state index in [1.165, 1.54) is 19.3 Å². The summed E-state index contributed by atoms with van der Waals surface area (Å²) in [6.07, 6.45) is 4.86. The predicted octanol–water partition coefficient (Wildman–Crippen LogP) is 2.23. The van der Waals surface area contributed by atoms with Crippen LogP contribution in [0.25, 0.3) is 0 Å². The Labute approximate surface area is 83.5 Å². The average Bonchev–Trinajstić information content (AvgIpc) is 1.95. The SMILES string of the molecule is CCCC(CCC(C)(C)N)N(C)C. The third kappa shape index (κ3) is 7.03. The molecule has 2 nitrogen and oxygen atoms in total.